The molecule has 27 heavy (non-hydrogen) atoms. The lowest BCUT2D eigenvalue weighted by Gasteiger charge is -2.36. The first kappa shape index (κ1) is 17.9. The summed E-state index contributed by atoms with van der Waals surface area (Å²) in [5.41, 5.74) is 3.06. The van der Waals surface area contributed by atoms with Crippen molar-refractivity contribution in [2.24, 2.45) is 0 Å². The van der Waals surface area contributed by atoms with Crippen LogP contribution in [0.4, 0.5) is 5.69 Å². The summed E-state index contributed by atoms with van der Waals surface area (Å²) in [5, 5.41) is 2.09. The van der Waals surface area contributed by atoms with Crippen LogP contribution in [-0.2, 0) is 0 Å². The molecule has 2 aromatic heterocycles. The van der Waals surface area contributed by atoms with Crippen molar-refractivity contribution in [2.45, 2.75) is 19.9 Å². The van der Waals surface area contributed by atoms with Crippen molar-refractivity contribution < 1.29 is 9.53 Å². The lowest BCUT2D eigenvalue weighted by molar-refractivity contribution is 0.0735. The SMILES string of the molecule is COc1ccccc1N1CCN(C(=O)c2cc3sccc3n2C(C)C)CC1. The number of rotatable bonds is 4. The zero-order chi connectivity index (χ0) is 19.0. The van der Waals surface area contributed by atoms with E-state index in [1.54, 1.807) is 18.4 Å². The van der Waals surface area contributed by atoms with Gasteiger partial charge in [0.1, 0.15) is 11.4 Å². The molecule has 1 aromatic carbocycles. The number of methoxy groups -OCH3 is 1. The van der Waals surface area contributed by atoms with Crippen LogP contribution in [0.1, 0.15) is 30.4 Å². The number of carbonyl (C=O) groups is 1. The van der Waals surface area contributed by atoms with E-state index < -0.39 is 0 Å². The molecule has 142 valence electrons. The standard InChI is InChI=1S/C21H25N3O2S/c1-15(2)24-17-8-13-27-20(17)14-18(24)21(25)23-11-9-22(10-12-23)16-6-4-5-7-19(16)26-3/h4-8,13-15H,9-12H2,1-3H3. The number of fused-ring (bicyclic) bond motifs is 1. The number of piperazine rings is 1. The Morgan fingerprint density at radius 2 is 1.85 bits per heavy atom. The number of amides is 1. The molecule has 1 aliphatic heterocycles. The maximum Gasteiger partial charge on any atom is 0.270 e. The topological polar surface area (TPSA) is 37.7 Å². The minimum absolute atomic E-state index is 0.131. The molecule has 1 fully saturated rings. The maximum atomic E-state index is 13.2. The van der Waals surface area contributed by atoms with Gasteiger partial charge in [0.05, 0.1) is 23.0 Å². The number of ether oxygens (including phenoxy) is 1. The van der Waals surface area contributed by atoms with E-state index in [2.05, 4.69) is 46.9 Å². The molecule has 0 N–H and O–H groups in total. The molecule has 0 atom stereocenters. The summed E-state index contributed by atoms with van der Waals surface area (Å²) in [6, 6.07) is 12.5. The van der Waals surface area contributed by atoms with Crippen LogP contribution in [0.25, 0.3) is 10.2 Å². The van der Waals surface area contributed by atoms with Crippen LogP contribution in [0.5, 0.6) is 5.75 Å². The Balaban J connectivity index is 1.52. The van der Waals surface area contributed by atoms with Gasteiger partial charge in [-0.1, -0.05) is 12.1 Å². The Hall–Kier alpha value is -2.47. The third-order valence-electron chi connectivity index (χ3n) is 5.19. The molecular formula is C21H25N3O2S. The molecule has 3 heterocycles. The minimum atomic E-state index is 0.131. The third kappa shape index (κ3) is 3.18. The van der Waals surface area contributed by atoms with E-state index in [1.165, 1.54) is 4.70 Å². The van der Waals surface area contributed by atoms with Gasteiger partial charge in [-0.3, -0.25) is 4.79 Å². The Morgan fingerprint density at radius 1 is 1.11 bits per heavy atom. The van der Waals surface area contributed by atoms with E-state index in [0.717, 1.165) is 35.7 Å². The van der Waals surface area contributed by atoms with Gasteiger partial charge in [0, 0.05) is 32.2 Å². The summed E-state index contributed by atoms with van der Waals surface area (Å²) in [5.74, 6) is 1.01. The number of nitrogens with zero attached hydrogens (tertiary/aromatic N) is 3. The van der Waals surface area contributed by atoms with Crippen LogP contribution >= 0.6 is 11.3 Å². The molecule has 0 radical (unpaired) electrons. The highest BCUT2D eigenvalue weighted by Crippen LogP contribution is 2.31. The van der Waals surface area contributed by atoms with Gasteiger partial charge < -0.3 is 19.1 Å². The number of benzene rings is 1. The lowest BCUT2D eigenvalue weighted by atomic mass is 10.2. The Morgan fingerprint density at radius 3 is 2.56 bits per heavy atom. The van der Waals surface area contributed by atoms with Crippen molar-refractivity contribution in [3.63, 3.8) is 0 Å². The monoisotopic (exact) mass is 383 g/mol. The second-order valence-electron chi connectivity index (χ2n) is 7.11. The van der Waals surface area contributed by atoms with Crippen LogP contribution in [-0.4, -0.2) is 48.7 Å². The van der Waals surface area contributed by atoms with Gasteiger partial charge in [-0.05, 0) is 43.5 Å². The third-order valence-corrected chi connectivity index (χ3v) is 6.04. The van der Waals surface area contributed by atoms with Gasteiger partial charge in [-0.2, -0.15) is 0 Å². The van der Waals surface area contributed by atoms with Gasteiger partial charge in [-0.25, -0.2) is 0 Å². The number of hydrogen-bond acceptors (Lipinski definition) is 4. The normalized spacial score (nSPS) is 15.0. The van der Waals surface area contributed by atoms with Crippen molar-refractivity contribution in [1.29, 1.82) is 0 Å². The summed E-state index contributed by atoms with van der Waals surface area (Å²) in [7, 11) is 1.70. The number of hydrogen-bond donors (Lipinski definition) is 0. The van der Waals surface area contributed by atoms with Crippen molar-refractivity contribution in [3.05, 3.63) is 47.5 Å². The number of aromatic nitrogens is 1. The first-order chi connectivity index (χ1) is 13.1. The zero-order valence-electron chi connectivity index (χ0n) is 16.0. The van der Waals surface area contributed by atoms with Crippen molar-refractivity contribution in [2.75, 3.05) is 38.2 Å². The molecule has 6 heteroatoms. The molecule has 5 nitrogen and oxygen atoms in total. The van der Waals surface area contributed by atoms with Gasteiger partial charge in [0.25, 0.3) is 5.91 Å². The highest BCUT2D eigenvalue weighted by molar-refractivity contribution is 7.17. The molecule has 3 aromatic rings. The number of thiophene rings is 1. The largest absolute Gasteiger partial charge is 0.495 e. The lowest BCUT2D eigenvalue weighted by Crippen LogP contribution is -2.49. The Kier molecular flexibility index (Phi) is 4.83. The first-order valence-electron chi connectivity index (χ1n) is 9.36. The summed E-state index contributed by atoms with van der Waals surface area (Å²) in [6.07, 6.45) is 0. The fourth-order valence-electron chi connectivity index (χ4n) is 3.87. The van der Waals surface area contributed by atoms with Gasteiger partial charge in [0.15, 0.2) is 0 Å². The summed E-state index contributed by atoms with van der Waals surface area (Å²) >= 11 is 1.69. The molecule has 1 amide bonds. The second-order valence-corrected chi connectivity index (χ2v) is 8.06. The first-order valence-corrected chi connectivity index (χ1v) is 10.2. The summed E-state index contributed by atoms with van der Waals surface area (Å²) in [6.45, 7) is 7.31. The van der Waals surface area contributed by atoms with Crippen LogP contribution < -0.4 is 9.64 Å². The van der Waals surface area contributed by atoms with E-state index >= 15 is 0 Å². The molecule has 0 unspecified atom stereocenters. The van der Waals surface area contributed by atoms with Crippen LogP contribution in [0, 0.1) is 0 Å². The molecular weight excluding hydrogens is 358 g/mol. The molecule has 1 aliphatic rings. The van der Waals surface area contributed by atoms with E-state index in [4.69, 9.17) is 4.74 Å². The Labute approximate surface area is 163 Å². The summed E-state index contributed by atoms with van der Waals surface area (Å²) < 4.78 is 8.83. The summed E-state index contributed by atoms with van der Waals surface area (Å²) in [4.78, 5) is 17.5. The predicted molar refractivity (Wildman–Crippen MR) is 111 cm³/mol. The molecule has 0 spiro atoms. The van der Waals surface area contributed by atoms with Crippen LogP contribution in [0.3, 0.4) is 0 Å². The number of para-hydroxylation sites is 2. The zero-order valence-corrected chi connectivity index (χ0v) is 16.8. The number of carbonyl (C=O) groups excluding carboxylic acids is 1. The second kappa shape index (κ2) is 7.27. The highest BCUT2D eigenvalue weighted by Gasteiger charge is 2.27. The van der Waals surface area contributed by atoms with Crippen molar-refractivity contribution in [3.8, 4) is 5.75 Å². The van der Waals surface area contributed by atoms with Gasteiger partial charge in [0.2, 0.25) is 0 Å². The highest BCUT2D eigenvalue weighted by atomic mass is 32.1. The molecule has 1 saturated heterocycles. The van der Waals surface area contributed by atoms with E-state index in [-0.39, 0.29) is 11.9 Å². The predicted octanol–water partition coefficient (Wildman–Crippen LogP) is 4.25. The Bertz CT molecular complexity index is 951. The average Bonchev–Trinajstić information content (AvgIpc) is 3.28. The maximum absolute atomic E-state index is 13.2. The number of anilines is 1. The average molecular weight is 384 g/mol. The van der Waals surface area contributed by atoms with Gasteiger partial charge in [-0.15, -0.1) is 11.3 Å². The minimum Gasteiger partial charge on any atom is -0.495 e. The van der Waals surface area contributed by atoms with Crippen LogP contribution in [0.2, 0.25) is 0 Å². The van der Waals surface area contributed by atoms with E-state index in [0.29, 0.717) is 13.1 Å². The molecule has 0 aliphatic carbocycles. The van der Waals surface area contributed by atoms with E-state index in [1.807, 2.05) is 23.1 Å². The smallest absolute Gasteiger partial charge is 0.270 e. The van der Waals surface area contributed by atoms with Crippen LogP contribution in [0.15, 0.2) is 41.8 Å². The fraction of sp³-hybridized carbons (Fsp3) is 0.381. The van der Waals surface area contributed by atoms with Gasteiger partial charge >= 0.3 is 0 Å². The van der Waals surface area contributed by atoms with Crippen molar-refractivity contribution in [1.82, 2.24) is 9.47 Å². The van der Waals surface area contributed by atoms with E-state index in [9.17, 15) is 4.79 Å². The quantitative estimate of drug-likeness (QED) is 0.676. The fourth-order valence-corrected chi connectivity index (χ4v) is 4.68. The molecule has 0 bridgehead atoms. The van der Waals surface area contributed by atoms with Crippen molar-refractivity contribution >= 4 is 33.1 Å². The molecule has 4 rings (SSSR count). The molecule has 0 saturated carbocycles.